The van der Waals surface area contributed by atoms with Crippen molar-refractivity contribution in [1.29, 1.82) is 0 Å². The van der Waals surface area contributed by atoms with E-state index in [2.05, 4.69) is 21.2 Å². The second kappa shape index (κ2) is 5.21. The fourth-order valence-corrected chi connectivity index (χ4v) is 3.30. The van der Waals surface area contributed by atoms with Crippen LogP contribution in [0.3, 0.4) is 0 Å². The monoisotopic (exact) mass is 343 g/mol. The third-order valence-electron chi connectivity index (χ3n) is 3.26. The maximum absolute atomic E-state index is 13.9. The van der Waals surface area contributed by atoms with Gasteiger partial charge in [0.2, 0.25) is 0 Å². The lowest BCUT2D eigenvalue weighted by Crippen LogP contribution is -2.12. The molecular formula is C14H12BrF2NS. The molecule has 0 aliphatic heterocycles. The Hall–Kier alpha value is -0.940. The van der Waals surface area contributed by atoms with Crippen LogP contribution in [0.1, 0.15) is 23.8 Å². The first-order valence-electron chi connectivity index (χ1n) is 6.09. The van der Waals surface area contributed by atoms with Gasteiger partial charge in [-0.25, -0.2) is 8.78 Å². The van der Waals surface area contributed by atoms with Crippen LogP contribution in [0.4, 0.5) is 14.5 Å². The number of rotatable bonds is 4. The summed E-state index contributed by atoms with van der Waals surface area (Å²) in [5.74, 6) is -0.370. The molecule has 0 spiro atoms. The minimum atomic E-state index is -0.454. The van der Waals surface area contributed by atoms with Gasteiger partial charge in [-0.15, -0.1) is 11.3 Å². The predicted molar refractivity (Wildman–Crippen MR) is 77.5 cm³/mol. The van der Waals surface area contributed by atoms with Crippen LogP contribution in [0.5, 0.6) is 0 Å². The van der Waals surface area contributed by atoms with Crippen molar-refractivity contribution in [3.63, 3.8) is 0 Å². The number of benzene rings is 1. The number of hydrogen-bond acceptors (Lipinski definition) is 2. The van der Waals surface area contributed by atoms with E-state index < -0.39 is 11.6 Å². The molecule has 2 aromatic rings. The molecule has 1 nitrogen and oxygen atoms in total. The lowest BCUT2D eigenvalue weighted by atomic mass is 10.1. The summed E-state index contributed by atoms with van der Waals surface area (Å²) < 4.78 is 27.5. The van der Waals surface area contributed by atoms with Gasteiger partial charge in [-0.3, -0.25) is 0 Å². The Bertz CT molecular complexity index is 581. The molecule has 1 heterocycles. The maximum atomic E-state index is 13.9. The zero-order chi connectivity index (χ0) is 13.4. The lowest BCUT2D eigenvalue weighted by molar-refractivity contribution is 0.590. The van der Waals surface area contributed by atoms with Crippen molar-refractivity contribution < 1.29 is 8.78 Å². The molecular weight excluding hydrogens is 332 g/mol. The van der Waals surface area contributed by atoms with E-state index >= 15 is 0 Å². The SMILES string of the molecule is Fc1cc(NC(c2cccs2)C2CC2)c(F)cc1Br. The van der Waals surface area contributed by atoms with Gasteiger partial charge in [-0.1, -0.05) is 6.07 Å². The van der Waals surface area contributed by atoms with E-state index in [4.69, 9.17) is 0 Å². The average Bonchev–Trinajstić information content (AvgIpc) is 3.07. The first-order valence-corrected chi connectivity index (χ1v) is 7.77. The Morgan fingerprint density at radius 1 is 1.26 bits per heavy atom. The van der Waals surface area contributed by atoms with Crippen LogP contribution in [0.2, 0.25) is 0 Å². The third-order valence-corrected chi connectivity index (χ3v) is 4.83. The highest BCUT2D eigenvalue weighted by atomic mass is 79.9. The highest BCUT2D eigenvalue weighted by Crippen LogP contribution is 2.44. The summed E-state index contributed by atoms with van der Waals surface area (Å²) in [7, 11) is 0. The molecule has 1 fully saturated rings. The first kappa shape index (κ1) is 13.1. The third kappa shape index (κ3) is 2.82. The van der Waals surface area contributed by atoms with E-state index in [1.807, 2.05) is 17.5 Å². The normalized spacial score (nSPS) is 16.4. The summed E-state index contributed by atoms with van der Waals surface area (Å²) in [5, 5.41) is 5.16. The van der Waals surface area contributed by atoms with Gasteiger partial charge >= 0.3 is 0 Å². The standard InChI is InChI=1S/C14H12BrF2NS/c15-9-6-11(17)12(7-10(9)16)18-14(8-3-4-8)13-2-1-5-19-13/h1-2,5-8,14,18H,3-4H2. The Labute approximate surface area is 122 Å². The molecule has 1 aromatic heterocycles. The first-order chi connectivity index (χ1) is 9.15. The van der Waals surface area contributed by atoms with Crippen LogP contribution in [-0.4, -0.2) is 0 Å². The van der Waals surface area contributed by atoms with Gasteiger partial charge in [0.15, 0.2) is 0 Å². The molecule has 0 amide bonds. The fraction of sp³-hybridized carbons (Fsp3) is 0.286. The zero-order valence-corrected chi connectivity index (χ0v) is 12.4. The number of anilines is 1. The predicted octanol–water partition coefficient (Wildman–Crippen LogP) is 5.35. The Balaban J connectivity index is 1.88. The quantitative estimate of drug-likeness (QED) is 0.737. The topological polar surface area (TPSA) is 12.0 Å². The smallest absolute Gasteiger partial charge is 0.147 e. The van der Waals surface area contributed by atoms with Crippen LogP contribution in [0.15, 0.2) is 34.1 Å². The number of nitrogens with one attached hydrogen (secondary N) is 1. The summed E-state index contributed by atoms with van der Waals surface area (Å²) in [6, 6.07) is 6.47. The van der Waals surface area contributed by atoms with Crippen molar-refractivity contribution in [3.8, 4) is 0 Å². The van der Waals surface area contributed by atoms with Gasteiger partial charge in [0.1, 0.15) is 11.6 Å². The van der Waals surface area contributed by atoms with Crippen molar-refractivity contribution >= 4 is 33.0 Å². The van der Waals surface area contributed by atoms with E-state index in [9.17, 15) is 8.78 Å². The lowest BCUT2D eigenvalue weighted by Gasteiger charge is -2.19. The van der Waals surface area contributed by atoms with Crippen LogP contribution in [-0.2, 0) is 0 Å². The van der Waals surface area contributed by atoms with Gasteiger partial charge in [0.05, 0.1) is 16.2 Å². The minimum Gasteiger partial charge on any atom is -0.375 e. The van der Waals surface area contributed by atoms with Crippen LogP contribution in [0, 0.1) is 17.6 Å². The molecule has 1 N–H and O–H groups in total. The van der Waals surface area contributed by atoms with E-state index in [0.717, 1.165) is 18.9 Å². The summed E-state index contributed by atoms with van der Waals surface area (Å²) >= 11 is 4.63. The molecule has 1 aliphatic rings. The average molecular weight is 344 g/mol. The summed E-state index contributed by atoms with van der Waals surface area (Å²) in [6.07, 6.45) is 2.27. The molecule has 3 rings (SSSR count). The largest absolute Gasteiger partial charge is 0.375 e. The van der Waals surface area contributed by atoms with Gasteiger partial charge in [0.25, 0.3) is 0 Å². The van der Waals surface area contributed by atoms with Gasteiger partial charge in [-0.05, 0) is 52.2 Å². The molecule has 5 heteroatoms. The van der Waals surface area contributed by atoms with E-state index in [1.54, 1.807) is 11.3 Å². The molecule has 1 saturated carbocycles. The number of thiophene rings is 1. The number of halogens is 3. The van der Waals surface area contributed by atoms with Gasteiger partial charge in [0, 0.05) is 10.9 Å². The van der Waals surface area contributed by atoms with E-state index in [-0.39, 0.29) is 16.2 Å². The Kier molecular flexibility index (Phi) is 3.58. The van der Waals surface area contributed by atoms with Crippen molar-refractivity contribution in [2.24, 2.45) is 5.92 Å². The molecule has 0 bridgehead atoms. The second-order valence-corrected chi connectivity index (χ2v) is 6.55. The molecule has 0 radical (unpaired) electrons. The van der Waals surface area contributed by atoms with Gasteiger partial charge in [-0.2, -0.15) is 0 Å². The van der Waals surface area contributed by atoms with Crippen molar-refractivity contribution in [2.45, 2.75) is 18.9 Å². The minimum absolute atomic E-state index is 0.0788. The summed E-state index contributed by atoms with van der Waals surface area (Å²) in [5.41, 5.74) is 0.228. The molecule has 0 saturated heterocycles. The highest BCUT2D eigenvalue weighted by molar-refractivity contribution is 9.10. The molecule has 100 valence electrons. The van der Waals surface area contributed by atoms with E-state index in [1.165, 1.54) is 10.9 Å². The van der Waals surface area contributed by atoms with Crippen LogP contribution >= 0.6 is 27.3 Å². The zero-order valence-electron chi connectivity index (χ0n) is 10.00. The van der Waals surface area contributed by atoms with Gasteiger partial charge < -0.3 is 5.32 Å². The summed E-state index contributed by atoms with van der Waals surface area (Å²) in [4.78, 5) is 1.17. The van der Waals surface area contributed by atoms with Crippen LogP contribution < -0.4 is 5.32 Å². The van der Waals surface area contributed by atoms with Crippen molar-refractivity contribution in [2.75, 3.05) is 5.32 Å². The molecule has 1 unspecified atom stereocenters. The fourth-order valence-electron chi connectivity index (χ4n) is 2.12. The van der Waals surface area contributed by atoms with Crippen molar-refractivity contribution in [3.05, 3.63) is 50.6 Å². The van der Waals surface area contributed by atoms with E-state index in [0.29, 0.717) is 5.92 Å². The number of hydrogen-bond donors (Lipinski definition) is 1. The van der Waals surface area contributed by atoms with Crippen molar-refractivity contribution in [1.82, 2.24) is 0 Å². The maximum Gasteiger partial charge on any atom is 0.147 e. The Morgan fingerprint density at radius 2 is 2.05 bits per heavy atom. The Morgan fingerprint density at radius 3 is 2.68 bits per heavy atom. The van der Waals surface area contributed by atoms with Crippen LogP contribution in [0.25, 0.3) is 0 Å². The molecule has 1 aliphatic carbocycles. The highest BCUT2D eigenvalue weighted by Gasteiger charge is 2.33. The molecule has 1 atom stereocenters. The molecule has 1 aromatic carbocycles. The second-order valence-electron chi connectivity index (χ2n) is 4.72. The molecule has 19 heavy (non-hydrogen) atoms. The summed E-state index contributed by atoms with van der Waals surface area (Å²) in [6.45, 7) is 0.